The SMILES string of the molecule is NC(=O)C(Sc1nnc(-c2c[nH]c3ccccc23)o1)c1ccc(F)cc1. The fraction of sp³-hybridized carbons (Fsp3) is 0.0556. The highest BCUT2D eigenvalue weighted by Crippen LogP contribution is 2.36. The molecule has 0 radical (unpaired) electrons. The first-order valence-corrected chi connectivity index (χ1v) is 8.61. The molecule has 4 aromatic rings. The van der Waals surface area contributed by atoms with Crippen LogP contribution in [0.2, 0.25) is 0 Å². The number of halogens is 1. The average molecular weight is 368 g/mol. The number of H-pyrrole nitrogens is 1. The summed E-state index contributed by atoms with van der Waals surface area (Å²) in [6.45, 7) is 0. The number of benzene rings is 2. The second-order valence-corrected chi connectivity index (χ2v) is 6.63. The number of nitrogens with two attached hydrogens (primary N) is 1. The van der Waals surface area contributed by atoms with Gasteiger partial charge in [-0.2, -0.15) is 0 Å². The lowest BCUT2D eigenvalue weighted by Crippen LogP contribution is -2.18. The molecule has 0 aliphatic rings. The van der Waals surface area contributed by atoms with Crippen molar-refractivity contribution in [2.24, 2.45) is 5.73 Å². The second-order valence-electron chi connectivity index (χ2n) is 5.57. The van der Waals surface area contributed by atoms with Gasteiger partial charge in [-0.1, -0.05) is 30.3 Å². The molecule has 2 heterocycles. The molecule has 0 bridgehead atoms. The smallest absolute Gasteiger partial charge is 0.277 e. The molecular formula is C18H13FN4O2S. The molecule has 8 heteroatoms. The maximum Gasteiger partial charge on any atom is 0.277 e. The van der Waals surface area contributed by atoms with Gasteiger partial charge in [0.15, 0.2) is 0 Å². The number of thioether (sulfide) groups is 1. The monoisotopic (exact) mass is 368 g/mol. The maximum absolute atomic E-state index is 13.1. The zero-order chi connectivity index (χ0) is 18.1. The molecule has 4 rings (SSSR count). The standard InChI is InChI=1S/C18H13FN4O2S/c19-11-7-5-10(6-8-11)15(16(20)24)26-18-23-22-17(25-18)13-9-21-14-4-2-1-3-12(13)14/h1-9,15,21H,(H2,20,24). The van der Waals surface area contributed by atoms with Gasteiger partial charge in [0, 0.05) is 17.1 Å². The summed E-state index contributed by atoms with van der Waals surface area (Å²) in [5.41, 5.74) is 7.78. The summed E-state index contributed by atoms with van der Waals surface area (Å²) in [5, 5.41) is 8.46. The lowest BCUT2D eigenvalue weighted by molar-refractivity contribution is -0.117. The van der Waals surface area contributed by atoms with E-state index in [0.717, 1.165) is 28.2 Å². The van der Waals surface area contributed by atoms with Crippen molar-refractivity contribution in [3.8, 4) is 11.5 Å². The van der Waals surface area contributed by atoms with E-state index in [0.29, 0.717) is 11.5 Å². The normalized spacial score (nSPS) is 12.3. The van der Waals surface area contributed by atoms with Gasteiger partial charge in [-0.3, -0.25) is 4.79 Å². The Morgan fingerprint density at radius 2 is 1.92 bits per heavy atom. The van der Waals surface area contributed by atoms with Gasteiger partial charge in [0.2, 0.25) is 5.91 Å². The Hall–Kier alpha value is -3.13. The third-order valence-electron chi connectivity index (χ3n) is 3.88. The first-order chi connectivity index (χ1) is 12.6. The Morgan fingerprint density at radius 1 is 1.15 bits per heavy atom. The van der Waals surface area contributed by atoms with Crippen molar-refractivity contribution in [3.63, 3.8) is 0 Å². The van der Waals surface area contributed by atoms with Crippen LogP contribution in [0.5, 0.6) is 0 Å². The van der Waals surface area contributed by atoms with Gasteiger partial charge in [-0.25, -0.2) is 4.39 Å². The molecule has 1 atom stereocenters. The first kappa shape index (κ1) is 16.3. The Balaban J connectivity index is 1.63. The van der Waals surface area contributed by atoms with Gasteiger partial charge < -0.3 is 15.1 Å². The molecule has 2 aromatic heterocycles. The zero-order valence-corrected chi connectivity index (χ0v) is 14.2. The fourth-order valence-electron chi connectivity index (χ4n) is 2.64. The van der Waals surface area contributed by atoms with Gasteiger partial charge in [0.25, 0.3) is 11.1 Å². The van der Waals surface area contributed by atoms with Gasteiger partial charge in [-0.15, -0.1) is 10.2 Å². The van der Waals surface area contributed by atoms with Crippen molar-refractivity contribution >= 4 is 28.6 Å². The van der Waals surface area contributed by atoms with E-state index in [1.807, 2.05) is 24.3 Å². The van der Waals surface area contributed by atoms with Crippen LogP contribution in [0.4, 0.5) is 4.39 Å². The van der Waals surface area contributed by atoms with Crippen molar-refractivity contribution in [1.82, 2.24) is 15.2 Å². The number of nitrogens with zero attached hydrogens (tertiary/aromatic N) is 2. The molecule has 0 saturated heterocycles. The van der Waals surface area contributed by atoms with E-state index in [2.05, 4.69) is 15.2 Å². The zero-order valence-electron chi connectivity index (χ0n) is 13.3. The Kier molecular flexibility index (Phi) is 4.18. The molecule has 0 spiro atoms. The molecule has 26 heavy (non-hydrogen) atoms. The minimum atomic E-state index is -0.758. The number of aromatic amines is 1. The van der Waals surface area contributed by atoms with E-state index in [-0.39, 0.29) is 11.0 Å². The number of nitrogens with one attached hydrogen (secondary N) is 1. The van der Waals surface area contributed by atoms with Crippen LogP contribution in [0.3, 0.4) is 0 Å². The number of hydrogen-bond donors (Lipinski definition) is 2. The molecule has 0 aliphatic heterocycles. The largest absolute Gasteiger partial charge is 0.411 e. The summed E-state index contributed by atoms with van der Waals surface area (Å²) in [6, 6.07) is 13.3. The van der Waals surface area contributed by atoms with Gasteiger partial charge in [0.05, 0.1) is 5.56 Å². The maximum atomic E-state index is 13.1. The number of fused-ring (bicyclic) bond motifs is 1. The first-order valence-electron chi connectivity index (χ1n) is 7.73. The van der Waals surface area contributed by atoms with E-state index in [9.17, 15) is 9.18 Å². The lowest BCUT2D eigenvalue weighted by Gasteiger charge is -2.10. The van der Waals surface area contributed by atoms with Crippen LogP contribution >= 0.6 is 11.8 Å². The predicted molar refractivity (Wildman–Crippen MR) is 95.8 cm³/mol. The Labute approximate surface area is 151 Å². The number of primary amides is 1. The summed E-state index contributed by atoms with van der Waals surface area (Å²) >= 11 is 1.03. The summed E-state index contributed by atoms with van der Waals surface area (Å²) in [4.78, 5) is 15.0. The number of hydrogen-bond acceptors (Lipinski definition) is 5. The molecule has 0 saturated carbocycles. The van der Waals surface area contributed by atoms with Crippen molar-refractivity contribution < 1.29 is 13.6 Å². The molecule has 6 nitrogen and oxygen atoms in total. The molecule has 3 N–H and O–H groups in total. The van der Waals surface area contributed by atoms with Crippen LogP contribution in [-0.2, 0) is 4.79 Å². The third kappa shape index (κ3) is 3.06. The number of carbonyl (C=O) groups excluding carboxylic acids is 1. The minimum Gasteiger partial charge on any atom is -0.411 e. The summed E-state index contributed by atoms with van der Waals surface area (Å²) in [6.07, 6.45) is 1.79. The highest BCUT2D eigenvalue weighted by molar-refractivity contribution is 8.00. The third-order valence-corrected chi connectivity index (χ3v) is 4.98. The van der Waals surface area contributed by atoms with Gasteiger partial charge in [-0.05, 0) is 35.5 Å². The Morgan fingerprint density at radius 3 is 2.69 bits per heavy atom. The van der Waals surface area contributed by atoms with Crippen LogP contribution in [0.25, 0.3) is 22.4 Å². The van der Waals surface area contributed by atoms with Crippen LogP contribution in [0.15, 0.2) is 64.4 Å². The lowest BCUT2D eigenvalue weighted by atomic mass is 10.1. The van der Waals surface area contributed by atoms with Crippen LogP contribution in [0.1, 0.15) is 10.8 Å². The molecular weight excluding hydrogens is 355 g/mol. The van der Waals surface area contributed by atoms with E-state index >= 15 is 0 Å². The summed E-state index contributed by atoms with van der Waals surface area (Å²) < 4.78 is 18.8. The van der Waals surface area contributed by atoms with E-state index < -0.39 is 11.2 Å². The molecule has 0 aliphatic carbocycles. The number of para-hydroxylation sites is 1. The Bertz CT molecular complexity index is 1070. The van der Waals surface area contributed by atoms with Crippen LogP contribution < -0.4 is 5.73 Å². The number of amides is 1. The quantitative estimate of drug-likeness (QED) is 0.524. The van der Waals surface area contributed by atoms with Crippen molar-refractivity contribution in [2.45, 2.75) is 10.5 Å². The van der Waals surface area contributed by atoms with Crippen LogP contribution in [0, 0.1) is 5.82 Å². The number of carbonyl (C=O) groups is 1. The molecule has 1 amide bonds. The van der Waals surface area contributed by atoms with Gasteiger partial charge in [0.1, 0.15) is 11.1 Å². The number of aromatic nitrogens is 3. The molecule has 130 valence electrons. The van der Waals surface area contributed by atoms with E-state index in [1.54, 1.807) is 6.20 Å². The topological polar surface area (TPSA) is 97.8 Å². The molecule has 2 aromatic carbocycles. The summed E-state index contributed by atoms with van der Waals surface area (Å²) in [7, 11) is 0. The highest BCUT2D eigenvalue weighted by atomic mass is 32.2. The van der Waals surface area contributed by atoms with Crippen molar-refractivity contribution in [3.05, 3.63) is 66.1 Å². The van der Waals surface area contributed by atoms with Gasteiger partial charge >= 0.3 is 0 Å². The van der Waals surface area contributed by atoms with Crippen molar-refractivity contribution in [2.75, 3.05) is 0 Å². The van der Waals surface area contributed by atoms with Crippen molar-refractivity contribution in [1.29, 1.82) is 0 Å². The highest BCUT2D eigenvalue weighted by Gasteiger charge is 2.23. The second kappa shape index (κ2) is 6.64. The minimum absolute atomic E-state index is 0.207. The van der Waals surface area contributed by atoms with E-state index in [4.69, 9.17) is 10.2 Å². The van der Waals surface area contributed by atoms with E-state index in [1.165, 1.54) is 24.3 Å². The average Bonchev–Trinajstić information content (AvgIpc) is 3.27. The predicted octanol–water partition coefficient (Wildman–Crippen LogP) is 3.68. The molecule has 1 unspecified atom stereocenters. The van der Waals surface area contributed by atoms with Crippen LogP contribution in [-0.4, -0.2) is 21.1 Å². The summed E-state index contributed by atoms with van der Waals surface area (Å²) in [5.74, 6) is -0.623. The fourth-order valence-corrected chi connectivity index (χ4v) is 3.47. The number of rotatable bonds is 5. The molecule has 0 fully saturated rings.